The fraction of sp³-hybridized carbons (Fsp3) is 0.375. The van der Waals surface area contributed by atoms with E-state index in [1.807, 2.05) is 53.8 Å². The first-order chi connectivity index (χ1) is 15.8. The number of carbonyl (C=O) groups excluding carboxylic acids is 2. The Morgan fingerprint density at radius 2 is 1.67 bits per heavy atom. The summed E-state index contributed by atoms with van der Waals surface area (Å²) in [6.45, 7) is -1.19. The molecule has 2 aromatic rings. The summed E-state index contributed by atoms with van der Waals surface area (Å²) in [7, 11) is 0. The maximum absolute atomic E-state index is 14.5. The number of carboxylic acid groups (broad SMARTS) is 1. The zero-order chi connectivity index (χ0) is 23.6. The maximum atomic E-state index is 14.5. The molecule has 4 rings (SSSR count). The number of likely N-dealkylation sites (tertiary alicyclic amines) is 1. The van der Waals surface area contributed by atoms with E-state index < -0.39 is 36.5 Å². The molecule has 0 unspecified atom stereocenters. The average molecular weight is 458 g/mol. The van der Waals surface area contributed by atoms with Crippen LogP contribution in [0.3, 0.4) is 0 Å². The first-order valence-corrected chi connectivity index (χ1v) is 10.8. The lowest BCUT2D eigenvalue weighted by molar-refractivity contribution is -0.158. The normalized spacial score (nSPS) is 17.4. The summed E-state index contributed by atoms with van der Waals surface area (Å²) >= 11 is 0. The van der Waals surface area contributed by atoms with Crippen molar-refractivity contribution in [3.8, 4) is 11.1 Å². The highest BCUT2D eigenvalue weighted by Crippen LogP contribution is 2.44. The van der Waals surface area contributed by atoms with Gasteiger partial charge in [-0.1, -0.05) is 48.5 Å². The Kier molecular flexibility index (Phi) is 6.31. The molecular formula is C24H24F2N2O5. The Morgan fingerprint density at radius 3 is 2.27 bits per heavy atom. The molecule has 1 aliphatic heterocycles. The van der Waals surface area contributed by atoms with Crippen LogP contribution >= 0.6 is 0 Å². The molecule has 0 saturated carbocycles. The van der Waals surface area contributed by atoms with Gasteiger partial charge in [0.15, 0.2) is 0 Å². The first kappa shape index (κ1) is 22.7. The lowest BCUT2D eigenvalue weighted by Gasteiger charge is -2.27. The Hall–Kier alpha value is -3.49. The summed E-state index contributed by atoms with van der Waals surface area (Å²) in [4.78, 5) is 36.3. The number of carboxylic acids is 1. The standard InChI is InChI=1S/C24H24F2N2O5/c25-24(26,22(31)28-11-5-6-15(28)12-21(29)30)14-27-23(32)33-13-20-18-9-3-1-7-16(18)17-8-2-4-10-19(17)20/h1-4,7-10,15,20H,5-6,11-14H2,(H,27,32)(H,29,30)/t15-/m1/s1. The molecule has 2 amide bonds. The van der Waals surface area contributed by atoms with Crippen LogP contribution in [0, 0.1) is 0 Å². The molecule has 0 spiro atoms. The van der Waals surface area contributed by atoms with E-state index in [0.29, 0.717) is 12.8 Å². The highest BCUT2D eigenvalue weighted by Gasteiger charge is 2.46. The molecule has 1 saturated heterocycles. The molecule has 174 valence electrons. The smallest absolute Gasteiger partial charge is 0.407 e. The van der Waals surface area contributed by atoms with Gasteiger partial charge in [0.1, 0.15) is 6.61 Å². The van der Waals surface area contributed by atoms with Crippen LogP contribution in [0.1, 0.15) is 36.3 Å². The van der Waals surface area contributed by atoms with Crippen molar-refractivity contribution in [3.63, 3.8) is 0 Å². The summed E-state index contributed by atoms with van der Waals surface area (Å²) in [5.74, 6) is -6.72. The van der Waals surface area contributed by atoms with Gasteiger partial charge in [0, 0.05) is 18.5 Å². The van der Waals surface area contributed by atoms with Crippen molar-refractivity contribution in [1.29, 1.82) is 0 Å². The van der Waals surface area contributed by atoms with Crippen molar-refractivity contribution in [2.45, 2.75) is 37.1 Å². The van der Waals surface area contributed by atoms with Crippen molar-refractivity contribution in [3.05, 3.63) is 59.7 Å². The monoisotopic (exact) mass is 458 g/mol. The molecule has 9 heteroatoms. The molecule has 0 aromatic heterocycles. The third-order valence-corrected chi connectivity index (χ3v) is 6.16. The number of aliphatic carboxylic acids is 1. The largest absolute Gasteiger partial charge is 0.481 e. The topological polar surface area (TPSA) is 95.9 Å². The van der Waals surface area contributed by atoms with E-state index in [1.165, 1.54) is 0 Å². The zero-order valence-corrected chi connectivity index (χ0v) is 17.8. The Balaban J connectivity index is 1.34. The molecule has 2 N–H and O–H groups in total. The minimum absolute atomic E-state index is 0.0355. The van der Waals surface area contributed by atoms with Crippen molar-refractivity contribution in [2.75, 3.05) is 19.7 Å². The summed E-state index contributed by atoms with van der Waals surface area (Å²) in [6.07, 6.45) is -0.623. The fourth-order valence-electron chi connectivity index (χ4n) is 4.64. The maximum Gasteiger partial charge on any atom is 0.407 e. The van der Waals surface area contributed by atoms with Gasteiger partial charge in [-0.25, -0.2) is 4.79 Å². The molecule has 0 bridgehead atoms. The van der Waals surface area contributed by atoms with Gasteiger partial charge in [0.05, 0.1) is 13.0 Å². The van der Waals surface area contributed by atoms with Gasteiger partial charge in [0.2, 0.25) is 0 Å². The third-order valence-electron chi connectivity index (χ3n) is 6.16. The molecule has 7 nitrogen and oxygen atoms in total. The van der Waals surface area contributed by atoms with Gasteiger partial charge in [-0.3, -0.25) is 9.59 Å². The lowest BCUT2D eigenvalue weighted by atomic mass is 9.98. The van der Waals surface area contributed by atoms with E-state index in [-0.39, 0.29) is 25.5 Å². The number of nitrogens with one attached hydrogen (secondary N) is 1. The van der Waals surface area contributed by atoms with Crippen molar-refractivity contribution in [2.24, 2.45) is 0 Å². The number of benzene rings is 2. The molecular weight excluding hydrogens is 434 g/mol. The van der Waals surface area contributed by atoms with E-state index in [1.54, 1.807) is 0 Å². The Bertz CT molecular complexity index is 1030. The number of nitrogens with zero attached hydrogens (tertiary/aromatic N) is 1. The SMILES string of the molecule is O=C(O)C[C@H]1CCCN1C(=O)C(F)(F)CNC(=O)OCC1c2ccccc2-c2ccccc21. The number of carbonyl (C=O) groups is 3. The number of ether oxygens (including phenoxy) is 1. The molecule has 2 aliphatic rings. The minimum atomic E-state index is -3.87. The lowest BCUT2D eigenvalue weighted by Crippen LogP contribution is -2.51. The summed E-state index contributed by atoms with van der Waals surface area (Å²) in [5, 5.41) is 10.9. The number of hydrogen-bond acceptors (Lipinski definition) is 4. The Morgan fingerprint density at radius 1 is 1.06 bits per heavy atom. The van der Waals surface area contributed by atoms with Crippen LogP contribution in [0.15, 0.2) is 48.5 Å². The number of alkyl halides is 2. The van der Waals surface area contributed by atoms with E-state index in [0.717, 1.165) is 27.2 Å². The van der Waals surface area contributed by atoms with E-state index in [2.05, 4.69) is 0 Å². The molecule has 2 aromatic carbocycles. The zero-order valence-electron chi connectivity index (χ0n) is 17.8. The van der Waals surface area contributed by atoms with Gasteiger partial charge >= 0.3 is 18.0 Å². The predicted octanol–water partition coefficient (Wildman–Crippen LogP) is 3.63. The van der Waals surface area contributed by atoms with Crippen LogP contribution < -0.4 is 5.32 Å². The quantitative estimate of drug-likeness (QED) is 0.661. The van der Waals surface area contributed by atoms with Gasteiger partial charge in [-0.05, 0) is 35.1 Å². The van der Waals surface area contributed by atoms with Crippen LogP contribution in [0.5, 0.6) is 0 Å². The van der Waals surface area contributed by atoms with Crippen LogP contribution in [0.4, 0.5) is 13.6 Å². The van der Waals surface area contributed by atoms with Gasteiger partial charge < -0.3 is 20.1 Å². The van der Waals surface area contributed by atoms with E-state index >= 15 is 0 Å². The first-order valence-electron chi connectivity index (χ1n) is 10.8. The summed E-state index contributed by atoms with van der Waals surface area (Å²) in [5.41, 5.74) is 4.07. The third kappa shape index (κ3) is 4.67. The predicted molar refractivity (Wildman–Crippen MR) is 115 cm³/mol. The second-order valence-electron chi connectivity index (χ2n) is 8.28. The van der Waals surface area contributed by atoms with Crippen LogP contribution in [0.2, 0.25) is 0 Å². The highest BCUT2D eigenvalue weighted by molar-refractivity contribution is 5.85. The van der Waals surface area contributed by atoms with Crippen LogP contribution in [-0.2, 0) is 14.3 Å². The molecule has 1 aliphatic carbocycles. The molecule has 1 atom stereocenters. The number of rotatable bonds is 7. The fourth-order valence-corrected chi connectivity index (χ4v) is 4.64. The molecule has 1 heterocycles. The van der Waals surface area contributed by atoms with E-state index in [9.17, 15) is 23.2 Å². The second kappa shape index (κ2) is 9.17. The number of halogens is 2. The van der Waals surface area contributed by atoms with E-state index in [4.69, 9.17) is 9.84 Å². The number of amides is 2. The highest BCUT2D eigenvalue weighted by atomic mass is 19.3. The van der Waals surface area contributed by atoms with Gasteiger partial charge in [-0.2, -0.15) is 8.78 Å². The molecule has 33 heavy (non-hydrogen) atoms. The summed E-state index contributed by atoms with van der Waals surface area (Å²) < 4.78 is 34.2. The Labute approximate surface area is 189 Å². The molecule has 1 fully saturated rings. The average Bonchev–Trinajstić information content (AvgIpc) is 3.37. The minimum Gasteiger partial charge on any atom is -0.481 e. The molecule has 0 radical (unpaired) electrons. The summed E-state index contributed by atoms with van der Waals surface area (Å²) in [6, 6.07) is 14.7. The van der Waals surface area contributed by atoms with Crippen LogP contribution in [0.25, 0.3) is 11.1 Å². The number of alkyl carbamates (subject to hydrolysis) is 1. The number of fused-ring (bicyclic) bond motifs is 3. The van der Waals surface area contributed by atoms with Crippen molar-refractivity contribution in [1.82, 2.24) is 10.2 Å². The van der Waals surface area contributed by atoms with Gasteiger partial charge in [0.25, 0.3) is 5.91 Å². The van der Waals surface area contributed by atoms with Gasteiger partial charge in [-0.15, -0.1) is 0 Å². The second-order valence-corrected chi connectivity index (χ2v) is 8.28. The number of hydrogen-bond donors (Lipinski definition) is 2. The van der Waals surface area contributed by atoms with Crippen molar-refractivity contribution >= 4 is 18.0 Å². The van der Waals surface area contributed by atoms with Crippen molar-refractivity contribution < 1.29 is 33.0 Å². The van der Waals surface area contributed by atoms with Crippen LogP contribution in [-0.4, -0.2) is 59.6 Å².